The zero-order valence-electron chi connectivity index (χ0n) is 20.2. The van der Waals surface area contributed by atoms with Gasteiger partial charge in [0.15, 0.2) is 5.13 Å². The number of nitrogens with one attached hydrogen (secondary N) is 1. The van der Waals surface area contributed by atoms with Gasteiger partial charge >= 0.3 is 0 Å². The largest absolute Gasteiger partial charge is 0.363 e. The highest BCUT2D eigenvalue weighted by molar-refractivity contribution is 7.93. The number of hydrogen-bond acceptors (Lipinski definition) is 8. The van der Waals surface area contributed by atoms with Crippen LogP contribution in [-0.4, -0.2) is 49.4 Å². The second kappa shape index (κ2) is 10.9. The van der Waals surface area contributed by atoms with E-state index in [0.717, 1.165) is 28.5 Å². The van der Waals surface area contributed by atoms with Crippen molar-refractivity contribution in [3.05, 3.63) is 99.7 Å². The Morgan fingerprint density at radius 3 is 2.39 bits per heavy atom. The van der Waals surface area contributed by atoms with Crippen LogP contribution in [0, 0.1) is 15.9 Å². The zero-order chi connectivity index (χ0) is 26.7. The number of benzene rings is 3. The molecule has 0 aliphatic carbocycles. The minimum Gasteiger partial charge on any atom is -0.363 e. The number of piperazine rings is 1. The van der Waals surface area contributed by atoms with Gasteiger partial charge in [-0.25, -0.2) is 17.8 Å². The predicted molar refractivity (Wildman–Crippen MR) is 145 cm³/mol. The van der Waals surface area contributed by atoms with Gasteiger partial charge in [0.05, 0.1) is 15.5 Å². The van der Waals surface area contributed by atoms with Crippen LogP contribution in [0.5, 0.6) is 0 Å². The first-order valence-electron chi connectivity index (χ1n) is 11.8. The van der Waals surface area contributed by atoms with Crippen LogP contribution in [0.25, 0.3) is 11.3 Å². The van der Waals surface area contributed by atoms with E-state index in [0.29, 0.717) is 44.1 Å². The number of thiazole rings is 1. The fraction of sp³-hybridized carbons (Fsp3) is 0.192. The summed E-state index contributed by atoms with van der Waals surface area (Å²) in [4.78, 5) is 19.6. The van der Waals surface area contributed by atoms with Crippen molar-refractivity contribution in [1.82, 2.24) is 9.88 Å². The molecule has 38 heavy (non-hydrogen) atoms. The van der Waals surface area contributed by atoms with Crippen molar-refractivity contribution in [2.45, 2.75) is 11.4 Å². The average Bonchev–Trinajstić information content (AvgIpc) is 3.38. The average molecular weight is 554 g/mol. The van der Waals surface area contributed by atoms with Gasteiger partial charge in [-0.3, -0.25) is 19.7 Å². The minimum absolute atomic E-state index is 0.174. The van der Waals surface area contributed by atoms with Crippen LogP contribution in [0.3, 0.4) is 0 Å². The molecule has 4 aromatic rings. The van der Waals surface area contributed by atoms with Gasteiger partial charge in [-0.1, -0.05) is 42.5 Å². The van der Waals surface area contributed by atoms with E-state index < -0.39 is 14.9 Å². The Bertz CT molecular complexity index is 1540. The van der Waals surface area contributed by atoms with Gasteiger partial charge in [-0.15, -0.1) is 11.3 Å². The summed E-state index contributed by atoms with van der Waals surface area (Å²) >= 11 is 1.14. The Morgan fingerprint density at radius 1 is 1.00 bits per heavy atom. The molecule has 1 saturated heterocycles. The summed E-state index contributed by atoms with van der Waals surface area (Å²) in [5.74, 6) is -0.282. The lowest BCUT2D eigenvalue weighted by atomic mass is 10.1. The minimum atomic E-state index is -4.09. The number of rotatable bonds is 8. The van der Waals surface area contributed by atoms with Crippen molar-refractivity contribution >= 4 is 37.9 Å². The molecule has 9 nitrogen and oxygen atoms in total. The number of nitro groups is 1. The summed E-state index contributed by atoms with van der Waals surface area (Å²) in [7, 11) is -4.09. The van der Waals surface area contributed by atoms with E-state index in [9.17, 15) is 22.9 Å². The summed E-state index contributed by atoms with van der Waals surface area (Å²) in [6.07, 6.45) is 0. The fourth-order valence-corrected chi connectivity index (χ4v) is 6.31. The summed E-state index contributed by atoms with van der Waals surface area (Å²) in [6.45, 7) is 3.04. The highest BCUT2D eigenvalue weighted by Gasteiger charge is 2.27. The smallest absolute Gasteiger partial charge is 0.293 e. The van der Waals surface area contributed by atoms with Gasteiger partial charge in [0, 0.05) is 49.7 Å². The summed E-state index contributed by atoms with van der Waals surface area (Å²) in [6, 6.07) is 19.7. The highest BCUT2D eigenvalue weighted by atomic mass is 32.2. The second-order valence-electron chi connectivity index (χ2n) is 8.81. The van der Waals surface area contributed by atoms with Crippen molar-refractivity contribution in [2.24, 2.45) is 0 Å². The Balaban J connectivity index is 1.29. The molecule has 2 heterocycles. The van der Waals surface area contributed by atoms with E-state index in [2.05, 4.69) is 14.6 Å². The number of sulfonamides is 1. The lowest BCUT2D eigenvalue weighted by molar-refractivity contribution is -0.384. The third-order valence-corrected chi connectivity index (χ3v) is 8.51. The van der Waals surface area contributed by atoms with E-state index in [-0.39, 0.29) is 21.5 Å². The van der Waals surface area contributed by atoms with Gasteiger partial charge in [0.2, 0.25) is 0 Å². The van der Waals surface area contributed by atoms with Gasteiger partial charge in [-0.2, -0.15) is 0 Å². The molecule has 0 atom stereocenters. The zero-order valence-corrected chi connectivity index (χ0v) is 21.8. The van der Waals surface area contributed by atoms with Gasteiger partial charge in [0.1, 0.15) is 11.5 Å². The number of nitrogens with zero attached hydrogens (tertiary/aromatic N) is 4. The molecule has 1 N–H and O–H groups in total. The first-order valence-corrected chi connectivity index (χ1v) is 14.2. The summed E-state index contributed by atoms with van der Waals surface area (Å²) in [5.41, 5.74) is 2.57. The first kappa shape index (κ1) is 25.8. The monoisotopic (exact) mass is 553 g/mol. The van der Waals surface area contributed by atoms with Gasteiger partial charge in [0.25, 0.3) is 15.7 Å². The topological polar surface area (TPSA) is 109 Å². The molecule has 5 rings (SSSR count). The SMILES string of the molecule is O=[N+]([O-])c1cc(S(=O)(=O)Nc2nc(-c3ccccc3)cs2)ccc1N1CCN(Cc2ccc(F)cc2)CC1. The van der Waals surface area contributed by atoms with Crippen molar-refractivity contribution in [3.8, 4) is 11.3 Å². The summed E-state index contributed by atoms with van der Waals surface area (Å²) < 4.78 is 41.7. The lowest BCUT2D eigenvalue weighted by Gasteiger charge is -2.35. The number of halogens is 1. The Kier molecular flexibility index (Phi) is 7.36. The maximum atomic E-state index is 13.2. The maximum Gasteiger partial charge on any atom is 0.293 e. The molecule has 0 bridgehead atoms. The standard InChI is InChI=1S/C26H24FN5O4S2/c27-21-8-6-19(7-9-21)17-30-12-14-31(15-13-30)24-11-10-22(16-25(24)32(33)34)38(35,36)29-26-28-23(18-37-26)20-4-2-1-3-5-20/h1-11,16,18H,12-15,17H2,(H,28,29). The maximum absolute atomic E-state index is 13.2. The molecule has 1 aliphatic heterocycles. The normalized spacial score (nSPS) is 14.4. The molecule has 3 aromatic carbocycles. The van der Waals surface area contributed by atoms with Crippen LogP contribution in [0.2, 0.25) is 0 Å². The van der Waals surface area contributed by atoms with Crippen LogP contribution in [0.15, 0.2) is 83.1 Å². The molecule has 196 valence electrons. The van der Waals surface area contributed by atoms with Crippen LogP contribution in [0.1, 0.15) is 5.56 Å². The van der Waals surface area contributed by atoms with Crippen molar-refractivity contribution in [1.29, 1.82) is 0 Å². The van der Waals surface area contributed by atoms with E-state index in [1.807, 2.05) is 35.2 Å². The van der Waals surface area contributed by atoms with Crippen LogP contribution >= 0.6 is 11.3 Å². The van der Waals surface area contributed by atoms with Crippen LogP contribution < -0.4 is 9.62 Å². The molecule has 0 radical (unpaired) electrons. The van der Waals surface area contributed by atoms with Crippen molar-refractivity contribution in [3.63, 3.8) is 0 Å². The van der Waals surface area contributed by atoms with E-state index in [1.165, 1.54) is 24.3 Å². The van der Waals surface area contributed by atoms with Crippen LogP contribution in [0.4, 0.5) is 20.9 Å². The van der Waals surface area contributed by atoms with Crippen molar-refractivity contribution < 1.29 is 17.7 Å². The molecular weight excluding hydrogens is 529 g/mol. The number of aromatic nitrogens is 1. The highest BCUT2D eigenvalue weighted by Crippen LogP contribution is 2.33. The number of hydrogen-bond donors (Lipinski definition) is 1. The lowest BCUT2D eigenvalue weighted by Crippen LogP contribution is -2.46. The second-order valence-corrected chi connectivity index (χ2v) is 11.3. The van der Waals surface area contributed by atoms with Crippen molar-refractivity contribution in [2.75, 3.05) is 35.8 Å². The Labute approximate surface area is 223 Å². The molecule has 0 spiro atoms. The molecular formula is C26H24FN5O4S2. The third kappa shape index (κ3) is 5.82. The van der Waals surface area contributed by atoms with Gasteiger partial charge in [-0.05, 0) is 29.8 Å². The molecule has 0 unspecified atom stereocenters. The molecule has 1 aromatic heterocycles. The third-order valence-electron chi connectivity index (χ3n) is 6.28. The molecule has 0 saturated carbocycles. The molecule has 1 aliphatic rings. The van der Waals surface area contributed by atoms with Gasteiger partial charge < -0.3 is 4.90 Å². The predicted octanol–water partition coefficient (Wildman–Crippen LogP) is 4.98. The molecule has 0 amide bonds. The quantitative estimate of drug-likeness (QED) is 0.242. The Hall–Kier alpha value is -3.87. The molecule has 12 heteroatoms. The first-order chi connectivity index (χ1) is 18.3. The van der Waals surface area contributed by atoms with E-state index >= 15 is 0 Å². The number of anilines is 2. The fourth-order valence-electron chi connectivity index (χ4n) is 4.31. The Morgan fingerprint density at radius 2 is 1.71 bits per heavy atom. The van der Waals surface area contributed by atoms with Crippen LogP contribution in [-0.2, 0) is 16.6 Å². The molecule has 1 fully saturated rings. The summed E-state index contributed by atoms with van der Waals surface area (Å²) in [5, 5.41) is 13.8. The number of nitro benzene ring substituents is 1. The van der Waals surface area contributed by atoms with E-state index in [4.69, 9.17) is 0 Å². The van der Waals surface area contributed by atoms with E-state index in [1.54, 1.807) is 17.5 Å².